The molecule has 4 rings (SSSR count). The molecule has 206 valence electrons. The third-order valence-corrected chi connectivity index (χ3v) is 7.01. The Hall–Kier alpha value is -4.07. The molecule has 2 aromatic carbocycles. The molecular formula is C26H26N2O10S. The number of aromatic amines is 1. The van der Waals surface area contributed by atoms with Gasteiger partial charge in [-0.1, -0.05) is 60.7 Å². The van der Waals surface area contributed by atoms with Crippen LogP contribution in [0.4, 0.5) is 0 Å². The van der Waals surface area contributed by atoms with E-state index in [4.69, 9.17) is 18.4 Å². The van der Waals surface area contributed by atoms with Crippen molar-refractivity contribution in [2.24, 2.45) is 0 Å². The molecule has 2 heterocycles. The Bertz CT molecular complexity index is 1550. The molecule has 0 bridgehead atoms. The summed E-state index contributed by atoms with van der Waals surface area (Å²) < 4.78 is 48.9. The molecule has 0 aliphatic carbocycles. The van der Waals surface area contributed by atoms with Gasteiger partial charge in [-0.3, -0.25) is 28.1 Å². The summed E-state index contributed by atoms with van der Waals surface area (Å²) in [4.78, 5) is 51.3. The molecule has 0 radical (unpaired) electrons. The fraction of sp³-hybridized carbons (Fsp3) is 0.308. The lowest BCUT2D eigenvalue weighted by atomic mass is 10.1. The van der Waals surface area contributed by atoms with Crippen LogP contribution in [-0.2, 0) is 43.9 Å². The summed E-state index contributed by atoms with van der Waals surface area (Å²) >= 11 is 0. The lowest BCUT2D eigenvalue weighted by Gasteiger charge is -2.24. The van der Waals surface area contributed by atoms with Crippen molar-refractivity contribution < 1.29 is 36.4 Å². The van der Waals surface area contributed by atoms with Crippen LogP contribution in [0.5, 0.6) is 0 Å². The van der Waals surface area contributed by atoms with E-state index in [0.717, 1.165) is 18.4 Å². The van der Waals surface area contributed by atoms with E-state index in [1.54, 1.807) is 60.7 Å². The van der Waals surface area contributed by atoms with Gasteiger partial charge in [0, 0.05) is 20.0 Å². The summed E-state index contributed by atoms with van der Waals surface area (Å²) in [5.74, 6) is -1.99. The van der Waals surface area contributed by atoms with Crippen LogP contribution < -0.4 is 11.2 Å². The molecule has 12 nitrogen and oxygen atoms in total. The maximum Gasteiger partial charge on any atom is 0.330 e. The highest BCUT2D eigenvalue weighted by atomic mass is 32.2. The minimum Gasteiger partial charge on any atom is -0.463 e. The van der Waals surface area contributed by atoms with Gasteiger partial charge < -0.3 is 14.2 Å². The van der Waals surface area contributed by atoms with Crippen LogP contribution >= 0.6 is 0 Å². The number of ether oxygens (including phenoxy) is 3. The largest absolute Gasteiger partial charge is 0.463 e. The molecule has 1 aliphatic rings. The molecule has 4 atom stereocenters. The molecule has 1 aliphatic heterocycles. The van der Waals surface area contributed by atoms with Gasteiger partial charge in [0.05, 0.1) is 5.56 Å². The van der Waals surface area contributed by atoms with E-state index in [1.165, 1.54) is 6.20 Å². The first-order valence-electron chi connectivity index (χ1n) is 11.9. The maximum atomic E-state index is 13.0. The second kappa shape index (κ2) is 11.8. The van der Waals surface area contributed by atoms with Crippen LogP contribution in [0.25, 0.3) is 11.1 Å². The average molecular weight is 559 g/mol. The van der Waals surface area contributed by atoms with E-state index in [9.17, 15) is 27.6 Å². The van der Waals surface area contributed by atoms with Crippen molar-refractivity contribution in [3.63, 3.8) is 0 Å². The SMILES string of the molecule is CC(=O)OC[C@H]1O[C@@H](n2cc(-c3ccccc3)c(=O)[nH]c2=O)[C@H](OC(C)=O)[C@H]1OS(=O)(=O)Cc1ccccc1. The molecule has 0 spiro atoms. The van der Waals surface area contributed by atoms with Crippen molar-refractivity contribution in [1.29, 1.82) is 0 Å². The van der Waals surface area contributed by atoms with Gasteiger partial charge in [-0.25, -0.2) is 4.79 Å². The lowest BCUT2D eigenvalue weighted by molar-refractivity contribution is -0.155. The quantitative estimate of drug-likeness (QED) is 0.301. The van der Waals surface area contributed by atoms with Crippen molar-refractivity contribution in [1.82, 2.24) is 9.55 Å². The number of hydrogen-bond acceptors (Lipinski definition) is 10. The predicted molar refractivity (Wildman–Crippen MR) is 137 cm³/mol. The number of H-pyrrole nitrogens is 1. The van der Waals surface area contributed by atoms with E-state index in [2.05, 4.69) is 4.98 Å². The third-order valence-electron chi connectivity index (χ3n) is 5.81. The Morgan fingerprint density at radius 3 is 2.21 bits per heavy atom. The van der Waals surface area contributed by atoms with Gasteiger partial charge in [-0.15, -0.1) is 0 Å². The Kier molecular flexibility index (Phi) is 8.43. The van der Waals surface area contributed by atoms with Crippen LogP contribution in [-0.4, -0.2) is 54.8 Å². The summed E-state index contributed by atoms with van der Waals surface area (Å²) in [6, 6.07) is 16.7. The molecule has 1 fully saturated rings. The highest BCUT2D eigenvalue weighted by Crippen LogP contribution is 2.35. The van der Waals surface area contributed by atoms with Gasteiger partial charge in [0.2, 0.25) is 0 Å². The normalized spacial score (nSPS) is 20.9. The number of carbonyl (C=O) groups is 2. The van der Waals surface area contributed by atoms with Crippen LogP contribution in [0.2, 0.25) is 0 Å². The van der Waals surface area contributed by atoms with Gasteiger partial charge in [0.1, 0.15) is 24.6 Å². The second-order valence-electron chi connectivity index (χ2n) is 8.77. The molecule has 1 N–H and O–H groups in total. The number of nitrogens with one attached hydrogen (secondary N) is 1. The first kappa shape index (κ1) is 28.0. The Labute approximate surface area is 223 Å². The third kappa shape index (κ3) is 6.88. The molecule has 0 amide bonds. The zero-order valence-electron chi connectivity index (χ0n) is 21.0. The van der Waals surface area contributed by atoms with E-state index in [1.807, 2.05) is 0 Å². The van der Waals surface area contributed by atoms with Crippen LogP contribution in [0, 0.1) is 0 Å². The van der Waals surface area contributed by atoms with E-state index in [-0.39, 0.29) is 5.56 Å². The molecular weight excluding hydrogens is 532 g/mol. The number of rotatable bonds is 9. The van der Waals surface area contributed by atoms with Gasteiger partial charge >= 0.3 is 17.6 Å². The highest BCUT2D eigenvalue weighted by Gasteiger charge is 2.51. The summed E-state index contributed by atoms with van der Waals surface area (Å²) in [7, 11) is -4.29. The average Bonchev–Trinajstić information content (AvgIpc) is 3.19. The minimum absolute atomic E-state index is 0.109. The van der Waals surface area contributed by atoms with E-state index in [0.29, 0.717) is 11.1 Å². The maximum absolute atomic E-state index is 13.0. The fourth-order valence-corrected chi connectivity index (χ4v) is 5.42. The molecule has 0 saturated carbocycles. The Morgan fingerprint density at radius 1 is 0.949 bits per heavy atom. The lowest BCUT2D eigenvalue weighted by Crippen LogP contribution is -2.43. The zero-order valence-corrected chi connectivity index (χ0v) is 21.8. The molecule has 1 saturated heterocycles. The number of esters is 2. The van der Waals surface area contributed by atoms with Crippen molar-refractivity contribution in [3.8, 4) is 11.1 Å². The molecule has 39 heavy (non-hydrogen) atoms. The van der Waals surface area contributed by atoms with Crippen molar-refractivity contribution in [2.75, 3.05) is 6.61 Å². The minimum atomic E-state index is -4.29. The monoisotopic (exact) mass is 558 g/mol. The molecule has 13 heteroatoms. The number of aromatic nitrogens is 2. The fourth-order valence-electron chi connectivity index (χ4n) is 4.18. The van der Waals surface area contributed by atoms with Gasteiger partial charge in [0.15, 0.2) is 12.3 Å². The van der Waals surface area contributed by atoms with Crippen LogP contribution in [0.15, 0.2) is 76.4 Å². The van der Waals surface area contributed by atoms with E-state index >= 15 is 0 Å². The predicted octanol–water partition coefficient (Wildman–Crippen LogP) is 1.51. The standard InChI is InChI=1S/C26H26N2O10S/c1-16(29)35-14-21-22(38-39(33,34)15-18-9-5-3-6-10-18)23(36-17(2)30)25(37-21)28-13-20(24(31)27-26(28)32)19-11-7-4-8-12-19/h3-13,21-23,25H,14-15H2,1-2H3,(H,27,31,32)/t21-,22+,23-,25-/m1/s1. The Balaban J connectivity index is 1.75. The summed E-state index contributed by atoms with van der Waals surface area (Å²) in [5.41, 5.74) is -0.528. The number of benzene rings is 2. The van der Waals surface area contributed by atoms with Crippen LogP contribution in [0.3, 0.4) is 0 Å². The molecule has 0 unspecified atom stereocenters. The van der Waals surface area contributed by atoms with Crippen molar-refractivity contribution >= 4 is 22.1 Å². The summed E-state index contributed by atoms with van der Waals surface area (Å²) in [5, 5.41) is 0. The Morgan fingerprint density at radius 2 is 1.59 bits per heavy atom. The highest BCUT2D eigenvalue weighted by molar-refractivity contribution is 7.85. The van der Waals surface area contributed by atoms with Crippen molar-refractivity contribution in [3.05, 3.63) is 93.3 Å². The summed E-state index contributed by atoms with van der Waals surface area (Å²) in [6.07, 6.45) is -4.43. The number of nitrogens with zero attached hydrogens (tertiary/aromatic N) is 1. The van der Waals surface area contributed by atoms with E-state index < -0.39 is 70.2 Å². The van der Waals surface area contributed by atoms with Gasteiger partial charge in [-0.2, -0.15) is 8.42 Å². The number of hydrogen-bond donors (Lipinski definition) is 1. The summed E-state index contributed by atoms with van der Waals surface area (Å²) in [6.45, 7) is 1.78. The van der Waals surface area contributed by atoms with Gasteiger partial charge in [0.25, 0.3) is 15.7 Å². The topological polar surface area (TPSA) is 160 Å². The van der Waals surface area contributed by atoms with Crippen molar-refractivity contribution in [2.45, 2.75) is 44.1 Å². The first-order chi connectivity index (χ1) is 18.5. The second-order valence-corrected chi connectivity index (χ2v) is 10.4. The molecule has 3 aromatic rings. The van der Waals surface area contributed by atoms with Crippen LogP contribution in [0.1, 0.15) is 25.6 Å². The smallest absolute Gasteiger partial charge is 0.330 e. The molecule has 1 aromatic heterocycles. The zero-order chi connectivity index (χ0) is 28.2. The number of carbonyl (C=O) groups excluding carboxylic acids is 2. The first-order valence-corrected chi connectivity index (χ1v) is 13.4. The van der Waals surface area contributed by atoms with Gasteiger partial charge in [-0.05, 0) is 11.1 Å².